The quantitative estimate of drug-likeness (QED) is 0.865. The number of rotatable bonds is 2. The number of hydrogen-bond donors (Lipinski definition) is 1. The van der Waals surface area contributed by atoms with E-state index in [1.807, 2.05) is 30.3 Å². The number of ether oxygens (including phenoxy) is 1. The van der Waals surface area contributed by atoms with E-state index in [0.717, 1.165) is 30.1 Å². The largest absolute Gasteiger partial charge is 0.491 e. The third kappa shape index (κ3) is 2.72. The van der Waals surface area contributed by atoms with Crippen molar-refractivity contribution in [1.82, 2.24) is 0 Å². The molecule has 0 aromatic heterocycles. The Labute approximate surface area is 130 Å². The summed E-state index contributed by atoms with van der Waals surface area (Å²) in [7, 11) is 0. The van der Waals surface area contributed by atoms with Crippen LogP contribution >= 0.6 is 12.2 Å². The van der Waals surface area contributed by atoms with Crippen molar-refractivity contribution in [2.24, 2.45) is 5.73 Å². The molecule has 0 fully saturated rings. The minimum Gasteiger partial charge on any atom is -0.491 e. The summed E-state index contributed by atoms with van der Waals surface area (Å²) in [5, 5.41) is 0. The zero-order valence-electron chi connectivity index (χ0n) is 12.0. The molecule has 0 saturated heterocycles. The van der Waals surface area contributed by atoms with Crippen LogP contribution < -0.4 is 15.4 Å². The molecule has 0 amide bonds. The van der Waals surface area contributed by atoms with E-state index in [-0.39, 0.29) is 0 Å². The van der Waals surface area contributed by atoms with Crippen LogP contribution in [0.15, 0.2) is 42.5 Å². The predicted octanol–water partition coefficient (Wildman–Crippen LogP) is 3.03. The van der Waals surface area contributed by atoms with Gasteiger partial charge in [-0.1, -0.05) is 42.5 Å². The maximum Gasteiger partial charge on any atom is 0.124 e. The zero-order chi connectivity index (χ0) is 14.8. The molecule has 0 unspecified atom stereocenters. The number of benzene rings is 2. The van der Waals surface area contributed by atoms with Gasteiger partial charge in [0.2, 0.25) is 0 Å². The Morgan fingerprint density at radius 1 is 1.19 bits per heavy atom. The highest BCUT2D eigenvalue weighted by Gasteiger charge is 2.19. The first-order valence-corrected chi connectivity index (χ1v) is 7.42. The topological polar surface area (TPSA) is 38.5 Å². The maximum atomic E-state index is 5.90. The molecule has 0 spiro atoms. The van der Waals surface area contributed by atoms with Gasteiger partial charge in [0.05, 0.1) is 12.2 Å². The van der Waals surface area contributed by atoms with Crippen molar-refractivity contribution < 1.29 is 4.74 Å². The summed E-state index contributed by atoms with van der Waals surface area (Å²) in [6, 6.07) is 14.2. The standard InChI is InChI=1S/C17H18N2OS/c1-12-5-4-7-14(17(18)21)16(12)19-9-10-20-15-8-3-2-6-13(15)11-19/h2-8H,9-11H2,1H3,(H2,18,21). The molecule has 0 atom stereocenters. The third-order valence-electron chi connectivity index (χ3n) is 3.77. The smallest absolute Gasteiger partial charge is 0.124 e. The van der Waals surface area contributed by atoms with E-state index >= 15 is 0 Å². The summed E-state index contributed by atoms with van der Waals surface area (Å²) in [4.78, 5) is 2.74. The Morgan fingerprint density at radius 2 is 2.00 bits per heavy atom. The Kier molecular flexibility index (Phi) is 3.80. The van der Waals surface area contributed by atoms with Crippen molar-refractivity contribution in [2.45, 2.75) is 13.5 Å². The molecule has 1 heterocycles. The second-order valence-electron chi connectivity index (χ2n) is 5.21. The van der Waals surface area contributed by atoms with Crippen LogP contribution in [-0.4, -0.2) is 18.1 Å². The lowest BCUT2D eigenvalue weighted by Crippen LogP contribution is -2.28. The Hall–Kier alpha value is -2.07. The number of thiocarbonyl (C=S) groups is 1. The highest BCUT2D eigenvalue weighted by Crippen LogP contribution is 2.30. The first kappa shape index (κ1) is 13.9. The normalized spacial score (nSPS) is 14.0. The highest BCUT2D eigenvalue weighted by molar-refractivity contribution is 7.80. The number of hydrogen-bond acceptors (Lipinski definition) is 3. The molecular weight excluding hydrogens is 280 g/mol. The van der Waals surface area contributed by atoms with Gasteiger partial charge in [-0.3, -0.25) is 0 Å². The van der Waals surface area contributed by atoms with Crippen LogP contribution in [0.3, 0.4) is 0 Å². The predicted molar refractivity (Wildman–Crippen MR) is 90.1 cm³/mol. The summed E-state index contributed by atoms with van der Waals surface area (Å²) < 4.78 is 5.83. The average molecular weight is 298 g/mol. The number of anilines is 1. The molecule has 2 aromatic rings. The lowest BCUT2D eigenvalue weighted by Gasteiger charge is -2.26. The summed E-state index contributed by atoms with van der Waals surface area (Å²) in [6.07, 6.45) is 0. The molecule has 0 radical (unpaired) electrons. The fourth-order valence-electron chi connectivity index (χ4n) is 2.79. The molecule has 108 valence electrons. The number of nitrogens with zero attached hydrogens (tertiary/aromatic N) is 1. The van der Waals surface area contributed by atoms with Crippen molar-refractivity contribution in [2.75, 3.05) is 18.1 Å². The van der Waals surface area contributed by atoms with E-state index in [1.54, 1.807) is 0 Å². The molecule has 0 bridgehead atoms. The molecule has 0 aliphatic carbocycles. The molecule has 21 heavy (non-hydrogen) atoms. The molecule has 0 saturated carbocycles. The Balaban J connectivity index is 2.04. The van der Waals surface area contributed by atoms with Crippen molar-refractivity contribution in [3.63, 3.8) is 0 Å². The molecule has 3 rings (SSSR count). The highest BCUT2D eigenvalue weighted by atomic mass is 32.1. The van der Waals surface area contributed by atoms with Gasteiger partial charge in [-0.2, -0.15) is 0 Å². The fraction of sp³-hybridized carbons (Fsp3) is 0.235. The lowest BCUT2D eigenvalue weighted by molar-refractivity contribution is 0.331. The minimum atomic E-state index is 0.437. The van der Waals surface area contributed by atoms with Crippen molar-refractivity contribution >= 4 is 22.9 Å². The van der Waals surface area contributed by atoms with Crippen LogP contribution in [0, 0.1) is 6.92 Å². The maximum absolute atomic E-state index is 5.90. The van der Waals surface area contributed by atoms with Crippen LogP contribution in [0.4, 0.5) is 5.69 Å². The zero-order valence-corrected chi connectivity index (χ0v) is 12.8. The molecule has 1 aliphatic rings. The molecule has 2 aromatic carbocycles. The molecule has 4 heteroatoms. The van der Waals surface area contributed by atoms with Crippen LogP contribution in [0.2, 0.25) is 0 Å². The van der Waals surface area contributed by atoms with Gasteiger partial charge < -0.3 is 15.4 Å². The van der Waals surface area contributed by atoms with Crippen LogP contribution in [-0.2, 0) is 6.54 Å². The number of fused-ring (bicyclic) bond motifs is 1. The SMILES string of the molecule is Cc1cccc(C(N)=S)c1N1CCOc2ccccc2C1. The monoisotopic (exact) mass is 298 g/mol. The van der Waals surface area contributed by atoms with E-state index < -0.39 is 0 Å². The van der Waals surface area contributed by atoms with Gasteiger partial charge in [0.25, 0.3) is 0 Å². The first-order valence-electron chi connectivity index (χ1n) is 7.02. The second kappa shape index (κ2) is 5.74. The lowest BCUT2D eigenvalue weighted by atomic mass is 10.1. The molecule has 3 nitrogen and oxygen atoms in total. The fourth-order valence-corrected chi connectivity index (χ4v) is 2.96. The Morgan fingerprint density at radius 3 is 2.81 bits per heavy atom. The first-order chi connectivity index (χ1) is 10.2. The molecule has 2 N–H and O–H groups in total. The van der Waals surface area contributed by atoms with Crippen molar-refractivity contribution in [3.05, 3.63) is 59.2 Å². The van der Waals surface area contributed by atoms with Gasteiger partial charge in [-0.05, 0) is 24.6 Å². The van der Waals surface area contributed by atoms with Gasteiger partial charge in [-0.25, -0.2) is 0 Å². The average Bonchev–Trinajstić information content (AvgIpc) is 2.68. The van der Waals surface area contributed by atoms with E-state index in [2.05, 4.69) is 24.0 Å². The van der Waals surface area contributed by atoms with Gasteiger partial charge in [0, 0.05) is 17.7 Å². The Bertz CT molecular complexity index is 684. The number of para-hydroxylation sites is 2. The third-order valence-corrected chi connectivity index (χ3v) is 3.99. The summed E-state index contributed by atoms with van der Waals surface area (Å²) in [6.45, 7) is 4.36. The second-order valence-corrected chi connectivity index (χ2v) is 5.65. The van der Waals surface area contributed by atoms with Crippen molar-refractivity contribution in [3.8, 4) is 5.75 Å². The van der Waals surface area contributed by atoms with E-state index in [1.165, 1.54) is 11.1 Å². The van der Waals surface area contributed by atoms with Gasteiger partial charge in [-0.15, -0.1) is 0 Å². The van der Waals surface area contributed by atoms with E-state index in [0.29, 0.717) is 11.6 Å². The van der Waals surface area contributed by atoms with Crippen LogP contribution in [0.1, 0.15) is 16.7 Å². The summed E-state index contributed by atoms with van der Waals surface area (Å²) in [5.74, 6) is 0.963. The van der Waals surface area contributed by atoms with Crippen LogP contribution in [0.5, 0.6) is 5.75 Å². The van der Waals surface area contributed by atoms with Gasteiger partial charge in [0.15, 0.2) is 0 Å². The number of aryl methyl sites for hydroxylation is 1. The summed E-state index contributed by atoms with van der Waals surface area (Å²) >= 11 is 5.21. The van der Waals surface area contributed by atoms with Gasteiger partial charge >= 0.3 is 0 Å². The molecular formula is C17H18N2OS. The minimum absolute atomic E-state index is 0.437. The number of nitrogens with two attached hydrogens (primary N) is 1. The van der Waals surface area contributed by atoms with E-state index in [4.69, 9.17) is 22.7 Å². The molecule has 1 aliphatic heterocycles. The van der Waals surface area contributed by atoms with Crippen LogP contribution in [0.25, 0.3) is 0 Å². The summed E-state index contributed by atoms with van der Waals surface area (Å²) in [5.41, 5.74) is 10.3. The van der Waals surface area contributed by atoms with Gasteiger partial charge in [0.1, 0.15) is 17.3 Å². The van der Waals surface area contributed by atoms with E-state index in [9.17, 15) is 0 Å². The van der Waals surface area contributed by atoms with Crippen molar-refractivity contribution in [1.29, 1.82) is 0 Å².